The topological polar surface area (TPSA) is 69.6 Å². The van der Waals surface area contributed by atoms with Gasteiger partial charge in [-0.05, 0) is 31.6 Å². The van der Waals surface area contributed by atoms with Crippen molar-refractivity contribution < 1.29 is 23.5 Å². The van der Waals surface area contributed by atoms with Crippen molar-refractivity contribution in [2.24, 2.45) is 5.92 Å². The van der Waals surface area contributed by atoms with Crippen LogP contribution in [-0.2, 0) is 4.79 Å². The summed E-state index contributed by atoms with van der Waals surface area (Å²) in [6.07, 6.45) is -0.575. The first-order valence-electron chi connectivity index (χ1n) is 6.31. The molecule has 0 aromatic heterocycles. The molecule has 2 amide bonds. The fourth-order valence-electron chi connectivity index (χ4n) is 2.24. The lowest BCUT2D eigenvalue weighted by molar-refractivity contribution is -0.146. The zero-order chi connectivity index (χ0) is 14.6. The Morgan fingerprint density at radius 1 is 1.42 bits per heavy atom. The van der Waals surface area contributed by atoms with Gasteiger partial charge in [0, 0.05) is 7.05 Å². The largest absolute Gasteiger partial charge is 0.480 e. The van der Waals surface area contributed by atoms with Gasteiger partial charge in [-0.15, -0.1) is 0 Å². The van der Waals surface area contributed by atoms with Gasteiger partial charge in [0.05, 0.1) is 6.54 Å². The molecule has 1 aliphatic rings. The molecule has 0 aromatic rings. The highest BCUT2D eigenvalue weighted by molar-refractivity contribution is 5.86. The predicted molar refractivity (Wildman–Crippen MR) is 65.2 cm³/mol. The van der Waals surface area contributed by atoms with Gasteiger partial charge in [-0.1, -0.05) is 6.92 Å². The van der Waals surface area contributed by atoms with Gasteiger partial charge in [0.1, 0.15) is 5.54 Å². The molecule has 19 heavy (non-hydrogen) atoms. The van der Waals surface area contributed by atoms with Crippen molar-refractivity contribution in [3.63, 3.8) is 0 Å². The molecule has 0 bridgehead atoms. The Bertz CT molecular complexity index is 342. The number of aliphatic carboxylic acids is 1. The highest BCUT2D eigenvalue weighted by Gasteiger charge is 2.43. The summed E-state index contributed by atoms with van der Waals surface area (Å²) in [7, 11) is 1.22. The predicted octanol–water partition coefficient (Wildman–Crippen LogP) is 1.93. The van der Waals surface area contributed by atoms with E-state index in [0.717, 1.165) is 4.90 Å². The molecule has 2 N–H and O–H groups in total. The number of alkyl halides is 2. The van der Waals surface area contributed by atoms with Crippen molar-refractivity contribution in [3.05, 3.63) is 0 Å². The van der Waals surface area contributed by atoms with Gasteiger partial charge < -0.3 is 15.3 Å². The second kappa shape index (κ2) is 6.16. The first-order chi connectivity index (χ1) is 8.77. The van der Waals surface area contributed by atoms with E-state index in [1.165, 1.54) is 7.05 Å². The lowest BCUT2D eigenvalue weighted by Crippen LogP contribution is -2.59. The Hall–Kier alpha value is -1.40. The zero-order valence-electron chi connectivity index (χ0n) is 11.2. The number of hydrogen-bond acceptors (Lipinski definition) is 2. The van der Waals surface area contributed by atoms with E-state index in [2.05, 4.69) is 5.32 Å². The number of amides is 2. The van der Waals surface area contributed by atoms with E-state index in [4.69, 9.17) is 0 Å². The van der Waals surface area contributed by atoms with Crippen LogP contribution in [0.25, 0.3) is 0 Å². The third kappa shape index (κ3) is 4.04. The molecular formula is C12H20F2N2O3. The molecule has 110 valence electrons. The van der Waals surface area contributed by atoms with E-state index >= 15 is 0 Å². The molecule has 0 saturated heterocycles. The summed E-state index contributed by atoms with van der Waals surface area (Å²) in [5.74, 6) is -0.679. The summed E-state index contributed by atoms with van der Waals surface area (Å²) in [6.45, 7) is 1.31. The number of rotatable bonds is 4. The van der Waals surface area contributed by atoms with Crippen LogP contribution in [-0.4, -0.2) is 47.6 Å². The minimum atomic E-state index is -2.64. The number of carbonyl (C=O) groups is 2. The first-order valence-corrected chi connectivity index (χ1v) is 6.31. The van der Waals surface area contributed by atoms with Crippen LogP contribution in [0.2, 0.25) is 0 Å². The van der Waals surface area contributed by atoms with Crippen LogP contribution < -0.4 is 5.32 Å². The van der Waals surface area contributed by atoms with E-state index in [0.29, 0.717) is 31.6 Å². The van der Waals surface area contributed by atoms with Crippen LogP contribution in [0.3, 0.4) is 0 Å². The first kappa shape index (κ1) is 15.7. The molecule has 5 nitrogen and oxygen atoms in total. The molecule has 0 atom stereocenters. The molecule has 0 aromatic carbocycles. The normalized spacial score (nSPS) is 27.1. The highest BCUT2D eigenvalue weighted by Crippen LogP contribution is 2.32. The summed E-state index contributed by atoms with van der Waals surface area (Å²) in [6, 6.07) is -0.766. The number of hydrogen-bond donors (Lipinski definition) is 2. The second-order valence-corrected chi connectivity index (χ2v) is 5.27. The van der Waals surface area contributed by atoms with E-state index in [1.54, 1.807) is 0 Å². The SMILES string of the molecule is CC1CCC(NC(=O)N(C)CC(F)F)(C(=O)O)CC1. The van der Waals surface area contributed by atoms with E-state index < -0.39 is 30.5 Å². The Balaban J connectivity index is 2.69. The number of carbonyl (C=O) groups excluding carboxylic acids is 1. The Kier molecular flexibility index (Phi) is 5.08. The van der Waals surface area contributed by atoms with Crippen LogP contribution in [0.4, 0.5) is 13.6 Å². The maximum Gasteiger partial charge on any atom is 0.329 e. The Labute approximate surface area is 111 Å². The molecule has 7 heteroatoms. The fraction of sp³-hybridized carbons (Fsp3) is 0.833. The van der Waals surface area contributed by atoms with E-state index in [9.17, 15) is 23.5 Å². The van der Waals surface area contributed by atoms with Gasteiger partial charge in [0.15, 0.2) is 0 Å². The van der Waals surface area contributed by atoms with Gasteiger partial charge in [-0.3, -0.25) is 0 Å². The third-order valence-electron chi connectivity index (χ3n) is 3.64. The van der Waals surface area contributed by atoms with Gasteiger partial charge in [0.25, 0.3) is 6.43 Å². The molecule has 1 saturated carbocycles. The maximum absolute atomic E-state index is 12.2. The van der Waals surface area contributed by atoms with Crippen molar-refractivity contribution in [1.29, 1.82) is 0 Å². The lowest BCUT2D eigenvalue weighted by atomic mass is 9.77. The minimum Gasteiger partial charge on any atom is -0.480 e. The van der Waals surface area contributed by atoms with Crippen LogP contribution in [0.5, 0.6) is 0 Å². The molecule has 1 rings (SSSR count). The lowest BCUT2D eigenvalue weighted by Gasteiger charge is -2.37. The van der Waals surface area contributed by atoms with Crippen LogP contribution in [0, 0.1) is 5.92 Å². The average molecular weight is 278 g/mol. The molecule has 0 aliphatic heterocycles. The smallest absolute Gasteiger partial charge is 0.329 e. The Morgan fingerprint density at radius 3 is 2.37 bits per heavy atom. The van der Waals surface area contributed by atoms with Gasteiger partial charge in [-0.25, -0.2) is 18.4 Å². The van der Waals surface area contributed by atoms with Crippen molar-refractivity contribution in [1.82, 2.24) is 10.2 Å². The van der Waals surface area contributed by atoms with Crippen LogP contribution >= 0.6 is 0 Å². The van der Waals surface area contributed by atoms with Gasteiger partial charge in [0.2, 0.25) is 0 Å². The fourth-order valence-corrected chi connectivity index (χ4v) is 2.24. The number of halogens is 2. The van der Waals surface area contributed by atoms with Crippen molar-refractivity contribution in [2.75, 3.05) is 13.6 Å². The second-order valence-electron chi connectivity index (χ2n) is 5.27. The number of carboxylic acid groups (broad SMARTS) is 1. The van der Waals surface area contributed by atoms with E-state index in [1.807, 2.05) is 6.92 Å². The summed E-state index contributed by atoms with van der Waals surface area (Å²) in [4.78, 5) is 24.0. The quantitative estimate of drug-likeness (QED) is 0.825. The van der Waals surface area contributed by atoms with Gasteiger partial charge >= 0.3 is 12.0 Å². The van der Waals surface area contributed by atoms with E-state index in [-0.39, 0.29) is 0 Å². The van der Waals surface area contributed by atoms with Gasteiger partial charge in [-0.2, -0.15) is 0 Å². The highest BCUT2D eigenvalue weighted by atomic mass is 19.3. The molecule has 0 spiro atoms. The minimum absolute atomic E-state index is 0.331. The zero-order valence-corrected chi connectivity index (χ0v) is 11.2. The molecule has 0 radical (unpaired) electrons. The molecular weight excluding hydrogens is 258 g/mol. The molecule has 1 aliphatic carbocycles. The summed E-state index contributed by atoms with van der Waals surface area (Å²) >= 11 is 0. The molecule has 1 fully saturated rings. The van der Waals surface area contributed by atoms with Crippen molar-refractivity contribution in [3.8, 4) is 0 Å². The maximum atomic E-state index is 12.2. The van der Waals surface area contributed by atoms with Crippen LogP contribution in [0.1, 0.15) is 32.6 Å². The Morgan fingerprint density at radius 2 is 1.95 bits per heavy atom. The summed E-state index contributed by atoms with van der Waals surface area (Å²) < 4.78 is 24.4. The monoisotopic (exact) mass is 278 g/mol. The number of urea groups is 1. The molecule has 0 unspecified atom stereocenters. The number of nitrogens with zero attached hydrogens (tertiary/aromatic N) is 1. The standard InChI is InChI=1S/C12H20F2N2O3/c1-8-3-5-12(6-4-8,10(17)18)15-11(19)16(2)7-9(13)14/h8-9H,3-7H2,1-2H3,(H,15,19)(H,17,18). The van der Waals surface area contributed by atoms with Crippen molar-refractivity contribution >= 4 is 12.0 Å². The summed E-state index contributed by atoms with van der Waals surface area (Å²) in [5, 5.41) is 11.7. The molecule has 0 heterocycles. The number of nitrogens with one attached hydrogen (secondary N) is 1. The number of carboxylic acids is 1. The average Bonchev–Trinajstić information content (AvgIpc) is 2.31. The van der Waals surface area contributed by atoms with Crippen LogP contribution in [0.15, 0.2) is 0 Å². The van der Waals surface area contributed by atoms with Crippen molar-refractivity contribution in [2.45, 2.75) is 44.6 Å². The third-order valence-corrected chi connectivity index (χ3v) is 3.64. The summed E-state index contributed by atoms with van der Waals surface area (Å²) in [5.41, 5.74) is -1.32.